The zero-order valence-corrected chi connectivity index (χ0v) is 21.5. The predicted octanol–water partition coefficient (Wildman–Crippen LogP) is 6.45. The standard InChI is InChI=1S/C32H41NO2/c1-31(2,3)26-18-16-25(17-19-26)30-24-29(20-22-33(30)21-10-11-23-34)32(35,27-12-6-4-7-13-27)28-14-8-5-9-15-28/h4-9,12-19,29-30,34-35H,10-11,20-24H2,1-3H3. The van der Waals surface area contributed by atoms with Gasteiger partial charge in [0.2, 0.25) is 0 Å². The summed E-state index contributed by atoms with van der Waals surface area (Å²) in [7, 11) is 0. The van der Waals surface area contributed by atoms with Gasteiger partial charge in [-0.2, -0.15) is 0 Å². The molecular weight excluding hydrogens is 430 g/mol. The number of aliphatic hydroxyl groups is 2. The van der Waals surface area contributed by atoms with Gasteiger partial charge in [0.25, 0.3) is 0 Å². The van der Waals surface area contributed by atoms with Gasteiger partial charge in [0.05, 0.1) is 0 Å². The van der Waals surface area contributed by atoms with Crippen LogP contribution in [0.4, 0.5) is 0 Å². The highest BCUT2D eigenvalue weighted by Gasteiger charge is 2.44. The monoisotopic (exact) mass is 471 g/mol. The van der Waals surface area contributed by atoms with Crippen LogP contribution in [0.2, 0.25) is 0 Å². The second kappa shape index (κ2) is 11.1. The van der Waals surface area contributed by atoms with E-state index in [1.54, 1.807) is 0 Å². The number of piperidine rings is 1. The first-order chi connectivity index (χ1) is 16.8. The SMILES string of the molecule is CC(C)(C)c1ccc(C2CC(C(O)(c3ccccc3)c3ccccc3)CCN2CCCCO)cc1. The Morgan fingerprint density at radius 2 is 1.34 bits per heavy atom. The van der Waals surface area contributed by atoms with E-state index in [2.05, 4.69) is 74.2 Å². The third-order valence-electron chi connectivity index (χ3n) is 7.75. The third-order valence-corrected chi connectivity index (χ3v) is 7.75. The summed E-state index contributed by atoms with van der Waals surface area (Å²) in [6.45, 7) is 8.89. The number of likely N-dealkylation sites (tertiary alicyclic amines) is 1. The van der Waals surface area contributed by atoms with Crippen molar-refractivity contribution in [3.63, 3.8) is 0 Å². The molecule has 1 saturated heterocycles. The maximum atomic E-state index is 12.4. The van der Waals surface area contributed by atoms with E-state index < -0.39 is 5.60 Å². The van der Waals surface area contributed by atoms with E-state index in [-0.39, 0.29) is 24.0 Å². The number of aliphatic hydroxyl groups excluding tert-OH is 1. The van der Waals surface area contributed by atoms with Gasteiger partial charge in [-0.05, 0) is 72.4 Å². The second-order valence-corrected chi connectivity index (χ2v) is 11.1. The van der Waals surface area contributed by atoms with E-state index in [9.17, 15) is 10.2 Å². The molecule has 0 radical (unpaired) electrons. The van der Waals surface area contributed by atoms with Gasteiger partial charge >= 0.3 is 0 Å². The second-order valence-electron chi connectivity index (χ2n) is 11.1. The van der Waals surface area contributed by atoms with Gasteiger partial charge < -0.3 is 10.2 Å². The highest BCUT2D eigenvalue weighted by Crippen LogP contribution is 2.46. The minimum atomic E-state index is -1.04. The highest BCUT2D eigenvalue weighted by atomic mass is 16.3. The topological polar surface area (TPSA) is 43.7 Å². The van der Waals surface area contributed by atoms with Crippen molar-refractivity contribution >= 4 is 0 Å². The van der Waals surface area contributed by atoms with Crippen LogP contribution in [0.1, 0.15) is 74.8 Å². The molecule has 35 heavy (non-hydrogen) atoms. The minimum Gasteiger partial charge on any atom is -0.396 e. The fourth-order valence-corrected chi connectivity index (χ4v) is 5.66. The van der Waals surface area contributed by atoms with Crippen molar-refractivity contribution in [2.24, 2.45) is 5.92 Å². The maximum absolute atomic E-state index is 12.4. The van der Waals surface area contributed by atoms with Crippen LogP contribution in [0, 0.1) is 5.92 Å². The summed E-state index contributed by atoms with van der Waals surface area (Å²) in [5.41, 5.74) is 3.66. The van der Waals surface area contributed by atoms with E-state index in [1.807, 2.05) is 36.4 Å². The Morgan fingerprint density at radius 1 is 0.771 bits per heavy atom. The molecule has 0 aliphatic carbocycles. The average Bonchev–Trinajstić information content (AvgIpc) is 2.89. The molecule has 3 aromatic rings. The summed E-state index contributed by atoms with van der Waals surface area (Å²) in [5, 5.41) is 21.8. The molecule has 3 heteroatoms. The Labute approximate surface area is 211 Å². The number of benzene rings is 3. The average molecular weight is 472 g/mol. The first-order valence-electron chi connectivity index (χ1n) is 13.1. The first-order valence-corrected chi connectivity index (χ1v) is 13.1. The van der Waals surface area contributed by atoms with Crippen LogP contribution in [0.25, 0.3) is 0 Å². The molecule has 0 amide bonds. The zero-order chi connectivity index (χ0) is 24.9. The van der Waals surface area contributed by atoms with Crippen molar-refractivity contribution in [1.82, 2.24) is 4.90 Å². The molecule has 3 aromatic carbocycles. The van der Waals surface area contributed by atoms with E-state index in [1.165, 1.54) is 11.1 Å². The third kappa shape index (κ3) is 5.69. The molecule has 1 fully saturated rings. The molecule has 0 bridgehead atoms. The lowest BCUT2D eigenvalue weighted by Crippen LogP contribution is -2.46. The van der Waals surface area contributed by atoms with Gasteiger partial charge in [-0.1, -0.05) is 106 Å². The fourth-order valence-electron chi connectivity index (χ4n) is 5.66. The normalized spacial score (nSPS) is 19.6. The quantitative estimate of drug-likeness (QED) is 0.371. The molecule has 3 nitrogen and oxygen atoms in total. The first kappa shape index (κ1) is 25.6. The van der Waals surface area contributed by atoms with Gasteiger partial charge in [-0.3, -0.25) is 4.90 Å². The Bertz CT molecular complexity index is 1000. The molecule has 0 saturated carbocycles. The molecule has 2 unspecified atom stereocenters. The van der Waals surface area contributed by atoms with E-state index >= 15 is 0 Å². The largest absolute Gasteiger partial charge is 0.396 e. The van der Waals surface area contributed by atoms with E-state index in [4.69, 9.17) is 0 Å². The maximum Gasteiger partial charge on any atom is 0.118 e. The van der Waals surface area contributed by atoms with Crippen molar-refractivity contribution < 1.29 is 10.2 Å². The van der Waals surface area contributed by atoms with Crippen molar-refractivity contribution in [1.29, 1.82) is 0 Å². The van der Waals surface area contributed by atoms with Crippen LogP contribution in [-0.2, 0) is 11.0 Å². The van der Waals surface area contributed by atoms with Gasteiger partial charge in [-0.25, -0.2) is 0 Å². The molecule has 0 aromatic heterocycles. The lowest BCUT2D eigenvalue weighted by Gasteiger charge is -2.46. The molecule has 1 aliphatic rings. The smallest absolute Gasteiger partial charge is 0.118 e. The Morgan fingerprint density at radius 3 is 1.86 bits per heavy atom. The summed E-state index contributed by atoms with van der Waals surface area (Å²) in [6.07, 6.45) is 3.62. The van der Waals surface area contributed by atoms with Crippen LogP contribution in [0.5, 0.6) is 0 Å². The zero-order valence-electron chi connectivity index (χ0n) is 21.5. The predicted molar refractivity (Wildman–Crippen MR) is 144 cm³/mol. The van der Waals surface area contributed by atoms with Crippen LogP contribution < -0.4 is 0 Å². The summed E-state index contributed by atoms with van der Waals surface area (Å²) < 4.78 is 0. The van der Waals surface area contributed by atoms with Crippen molar-refractivity contribution in [2.75, 3.05) is 19.7 Å². The van der Waals surface area contributed by atoms with Gasteiger partial charge in [0.15, 0.2) is 0 Å². The van der Waals surface area contributed by atoms with Crippen LogP contribution in [0.15, 0.2) is 84.9 Å². The molecule has 2 atom stereocenters. The Balaban J connectivity index is 1.69. The fraction of sp³-hybridized carbons (Fsp3) is 0.438. The molecule has 2 N–H and O–H groups in total. The van der Waals surface area contributed by atoms with Gasteiger partial charge in [0, 0.05) is 12.6 Å². The van der Waals surface area contributed by atoms with Crippen LogP contribution >= 0.6 is 0 Å². The number of hydrogen-bond donors (Lipinski definition) is 2. The number of hydrogen-bond acceptors (Lipinski definition) is 3. The lowest BCUT2D eigenvalue weighted by atomic mass is 9.69. The van der Waals surface area contributed by atoms with E-state index in [0.29, 0.717) is 0 Å². The number of rotatable bonds is 8. The summed E-state index contributed by atoms with van der Waals surface area (Å²) in [4.78, 5) is 2.56. The van der Waals surface area contributed by atoms with E-state index in [0.717, 1.165) is 49.9 Å². The summed E-state index contributed by atoms with van der Waals surface area (Å²) in [5.74, 6) is 0.0914. The minimum absolute atomic E-state index is 0.0914. The summed E-state index contributed by atoms with van der Waals surface area (Å²) >= 11 is 0. The molecule has 1 heterocycles. The Kier molecular flexibility index (Phi) is 8.11. The number of unbranched alkanes of at least 4 members (excludes halogenated alkanes) is 1. The highest BCUT2D eigenvalue weighted by molar-refractivity contribution is 5.38. The molecule has 4 rings (SSSR count). The lowest BCUT2D eigenvalue weighted by molar-refractivity contribution is -0.0319. The summed E-state index contributed by atoms with van der Waals surface area (Å²) in [6, 6.07) is 29.7. The van der Waals surface area contributed by atoms with Crippen molar-refractivity contribution in [2.45, 2.75) is 63.5 Å². The van der Waals surface area contributed by atoms with Crippen LogP contribution in [-0.4, -0.2) is 34.8 Å². The molecule has 186 valence electrons. The van der Waals surface area contributed by atoms with Crippen molar-refractivity contribution in [3.05, 3.63) is 107 Å². The number of nitrogens with zero attached hydrogens (tertiary/aromatic N) is 1. The Hall–Kier alpha value is -2.46. The molecular formula is C32H41NO2. The van der Waals surface area contributed by atoms with Gasteiger partial charge in [-0.15, -0.1) is 0 Å². The molecule has 0 spiro atoms. The van der Waals surface area contributed by atoms with Gasteiger partial charge in [0.1, 0.15) is 5.60 Å². The van der Waals surface area contributed by atoms with Crippen molar-refractivity contribution in [3.8, 4) is 0 Å². The molecule has 1 aliphatic heterocycles. The van der Waals surface area contributed by atoms with Crippen LogP contribution in [0.3, 0.4) is 0 Å².